The molecule has 0 saturated carbocycles. The lowest BCUT2D eigenvalue weighted by Crippen LogP contribution is -2.40. The topological polar surface area (TPSA) is 63.3 Å². The molecule has 0 bridgehead atoms. The quantitative estimate of drug-likeness (QED) is 0.315. The van der Waals surface area contributed by atoms with Crippen molar-refractivity contribution in [3.8, 4) is 11.4 Å². The van der Waals surface area contributed by atoms with Crippen LogP contribution < -0.4 is 0 Å². The van der Waals surface area contributed by atoms with Crippen molar-refractivity contribution in [1.29, 1.82) is 0 Å². The second kappa shape index (κ2) is 8.12. The van der Waals surface area contributed by atoms with Crippen LogP contribution in [0.25, 0.3) is 27.9 Å². The summed E-state index contributed by atoms with van der Waals surface area (Å²) in [5.41, 5.74) is -0.408. The minimum absolute atomic E-state index is 0.214. The molecule has 3 heterocycles. The molecule has 0 spiro atoms. The number of nitrogens with zero attached hydrogens (tertiary/aromatic N) is 4. The minimum Gasteiger partial charge on any atom is -0.376 e. The molecule has 5 rings (SSSR count). The summed E-state index contributed by atoms with van der Waals surface area (Å²) in [4.78, 5) is 4.71. The van der Waals surface area contributed by atoms with Gasteiger partial charge in [-0.1, -0.05) is 55.1 Å². The minimum atomic E-state index is -4.77. The molecular formula is C23H17F3N4OS2. The van der Waals surface area contributed by atoms with Crippen LogP contribution in [0.5, 0.6) is 0 Å². The van der Waals surface area contributed by atoms with Gasteiger partial charge in [-0.15, -0.1) is 21.5 Å². The van der Waals surface area contributed by atoms with Gasteiger partial charge in [0.2, 0.25) is 0 Å². The largest absolute Gasteiger partial charge is 0.422 e. The molecule has 0 amide bonds. The number of aliphatic hydroxyl groups is 1. The van der Waals surface area contributed by atoms with Gasteiger partial charge in [0, 0.05) is 16.7 Å². The predicted octanol–water partition coefficient (Wildman–Crippen LogP) is 6.32. The number of halogens is 3. The van der Waals surface area contributed by atoms with E-state index >= 15 is 0 Å². The Labute approximate surface area is 194 Å². The monoisotopic (exact) mass is 486 g/mol. The van der Waals surface area contributed by atoms with Gasteiger partial charge >= 0.3 is 6.18 Å². The van der Waals surface area contributed by atoms with Crippen LogP contribution in [0.3, 0.4) is 0 Å². The Hall–Kier alpha value is -2.95. The fraction of sp³-hybridized carbons (Fsp3) is 0.174. The number of fused-ring (bicyclic) bond motifs is 3. The predicted molar refractivity (Wildman–Crippen MR) is 122 cm³/mol. The molecule has 0 aliphatic rings. The molecule has 0 fully saturated rings. The van der Waals surface area contributed by atoms with Crippen molar-refractivity contribution in [3.63, 3.8) is 0 Å². The molecule has 10 heteroatoms. The Kier molecular flexibility index (Phi) is 5.38. The average molecular weight is 487 g/mol. The number of benzene rings is 2. The standard InChI is InChI=1S/C23H17F3N4OS2/c1-2-22(31,23(24,25)26)18-13-27-21(33-18)32-16-10-8-14-9-11-19-28-29-20(30(19)17(14)12-16)15-6-4-3-5-7-15/h3-13,31H,2H2,1H3. The van der Waals surface area contributed by atoms with E-state index in [4.69, 9.17) is 0 Å². The Morgan fingerprint density at radius 1 is 1.03 bits per heavy atom. The van der Waals surface area contributed by atoms with Crippen molar-refractivity contribution in [3.05, 3.63) is 71.7 Å². The maximum atomic E-state index is 13.4. The Morgan fingerprint density at radius 2 is 1.79 bits per heavy atom. The van der Waals surface area contributed by atoms with Crippen molar-refractivity contribution >= 4 is 39.6 Å². The van der Waals surface area contributed by atoms with E-state index in [1.54, 1.807) is 0 Å². The summed E-state index contributed by atoms with van der Waals surface area (Å²) in [7, 11) is 0. The lowest BCUT2D eigenvalue weighted by atomic mass is 9.99. The second-order valence-electron chi connectivity index (χ2n) is 7.44. The zero-order valence-electron chi connectivity index (χ0n) is 17.2. The van der Waals surface area contributed by atoms with Crippen LogP contribution in [0.15, 0.2) is 76.1 Å². The molecule has 1 atom stereocenters. The van der Waals surface area contributed by atoms with E-state index in [0.717, 1.165) is 38.9 Å². The van der Waals surface area contributed by atoms with Crippen LogP contribution in [0.1, 0.15) is 18.2 Å². The molecular weight excluding hydrogens is 469 g/mol. The number of alkyl halides is 3. The molecule has 168 valence electrons. The molecule has 3 aromatic heterocycles. The van der Waals surface area contributed by atoms with Crippen molar-refractivity contribution < 1.29 is 18.3 Å². The summed E-state index contributed by atoms with van der Waals surface area (Å²) < 4.78 is 42.6. The number of rotatable bonds is 5. The highest BCUT2D eigenvalue weighted by Crippen LogP contribution is 2.45. The fourth-order valence-electron chi connectivity index (χ4n) is 3.61. The Balaban J connectivity index is 1.55. The first-order valence-corrected chi connectivity index (χ1v) is 11.7. The summed E-state index contributed by atoms with van der Waals surface area (Å²) in [5.74, 6) is 0.702. The van der Waals surface area contributed by atoms with Crippen LogP contribution in [0.2, 0.25) is 0 Å². The number of pyridine rings is 1. The normalized spacial score (nSPS) is 14.1. The average Bonchev–Trinajstić information content (AvgIpc) is 3.46. The van der Waals surface area contributed by atoms with Gasteiger partial charge in [0.1, 0.15) is 0 Å². The van der Waals surface area contributed by atoms with E-state index in [1.807, 2.05) is 65.1 Å². The van der Waals surface area contributed by atoms with Gasteiger partial charge < -0.3 is 5.11 Å². The highest BCUT2D eigenvalue weighted by Gasteiger charge is 2.54. The third kappa shape index (κ3) is 3.77. The molecule has 1 N–H and O–H groups in total. The second-order valence-corrected chi connectivity index (χ2v) is 9.79. The molecule has 5 aromatic rings. The molecule has 1 unspecified atom stereocenters. The van der Waals surface area contributed by atoms with Gasteiger partial charge in [-0.05, 0) is 36.1 Å². The molecule has 2 aromatic carbocycles. The van der Waals surface area contributed by atoms with E-state index in [-0.39, 0.29) is 4.88 Å². The van der Waals surface area contributed by atoms with E-state index in [9.17, 15) is 18.3 Å². The zero-order chi connectivity index (χ0) is 23.2. The molecule has 0 saturated heterocycles. The van der Waals surface area contributed by atoms with Crippen LogP contribution in [0.4, 0.5) is 13.2 Å². The van der Waals surface area contributed by atoms with Crippen molar-refractivity contribution in [1.82, 2.24) is 19.6 Å². The van der Waals surface area contributed by atoms with E-state index in [2.05, 4.69) is 15.2 Å². The van der Waals surface area contributed by atoms with Gasteiger partial charge in [0.15, 0.2) is 21.4 Å². The smallest absolute Gasteiger partial charge is 0.376 e. The van der Waals surface area contributed by atoms with Gasteiger partial charge in [0.25, 0.3) is 0 Å². The molecule has 0 aliphatic heterocycles. The summed E-state index contributed by atoms with van der Waals surface area (Å²) in [6.07, 6.45) is -4.14. The van der Waals surface area contributed by atoms with Crippen molar-refractivity contribution in [2.45, 2.75) is 34.4 Å². The number of thiazole rings is 1. The van der Waals surface area contributed by atoms with Crippen molar-refractivity contribution in [2.75, 3.05) is 0 Å². The molecule has 0 aliphatic carbocycles. The van der Waals surface area contributed by atoms with Crippen LogP contribution in [-0.4, -0.2) is 30.9 Å². The highest BCUT2D eigenvalue weighted by atomic mass is 32.2. The number of hydrogen-bond donors (Lipinski definition) is 1. The van der Waals surface area contributed by atoms with Gasteiger partial charge in [-0.25, -0.2) is 4.98 Å². The maximum Gasteiger partial charge on any atom is 0.422 e. The summed E-state index contributed by atoms with van der Waals surface area (Å²) >= 11 is 2.10. The summed E-state index contributed by atoms with van der Waals surface area (Å²) in [6.45, 7) is 1.30. The van der Waals surface area contributed by atoms with Crippen molar-refractivity contribution in [2.24, 2.45) is 0 Å². The Bertz CT molecular complexity index is 1450. The van der Waals surface area contributed by atoms with Crippen LogP contribution in [-0.2, 0) is 5.60 Å². The highest BCUT2D eigenvalue weighted by molar-refractivity contribution is 8.01. The molecule has 0 radical (unpaired) electrons. The number of aromatic nitrogens is 4. The van der Waals surface area contributed by atoms with Gasteiger partial charge in [0.05, 0.1) is 10.4 Å². The first-order valence-electron chi connectivity index (χ1n) is 10.1. The summed E-state index contributed by atoms with van der Waals surface area (Å²) in [5, 5.41) is 19.8. The number of hydrogen-bond acceptors (Lipinski definition) is 6. The summed E-state index contributed by atoms with van der Waals surface area (Å²) in [6, 6.07) is 19.3. The lowest BCUT2D eigenvalue weighted by molar-refractivity contribution is -0.266. The van der Waals surface area contributed by atoms with E-state index < -0.39 is 18.2 Å². The third-order valence-electron chi connectivity index (χ3n) is 5.45. The Morgan fingerprint density at radius 3 is 2.52 bits per heavy atom. The van der Waals surface area contributed by atoms with Crippen LogP contribution in [0, 0.1) is 0 Å². The van der Waals surface area contributed by atoms with E-state index in [1.165, 1.54) is 18.7 Å². The zero-order valence-corrected chi connectivity index (χ0v) is 18.9. The lowest BCUT2D eigenvalue weighted by Gasteiger charge is -2.27. The van der Waals surface area contributed by atoms with Gasteiger partial charge in [-0.2, -0.15) is 13.2 Å². The van der Waals surface area contributed by atoms with Crippen LogP contribution >= 0.6 is 23.1 Å². The third-order valence-corrected chi connectivity index (χ3v) is 7.67. The van der Waals surface area contributed by atoms with E-state index in [0.29, 0.717) is 15.8 Å². The maximum absolute atomic E-state index is 13.4. The first kappa shape index (κ1) is 21.9. The molecule has 5 nitrogen and oxygen atoms in total. The SMILES string of the molecule is CCC(O)(c1cnc(Sc2ccc3ccc4nnc(-c5ccccc5)n4c3c2)s1)C(F)(F)F. The van der Waals surface area contributed by atoms with Gasteiger partial charge in [-0.3, -0.25) is 4.40 Å². The fourth-order valence-corrected chi connectivity index (χ4v) is 5.78. The molecule has 33 heavy (non-hydrogen) atoms. The first-order chi connectivity index (χ1) is 15.8.